The minimum absolute atomic E-state index is 0.149. The summed E-state index contributed by atoms with van der Waals surface area (Å²) in [4.78, 5) is 14.8. The van der Waals surface area contributed by atoms with Gasteiger partial charge in [0.25, 0.3) is 0 Å². The Balaban J connectivity index is 2.16. The van der Waals surface area contributed by atoms with Crippen LogP contribution in [0, 0.1) is 0 Å². The second-order valence-electron chi connectivity index (χ2n) is 5.06. The molecule has 106 valence electrons. The van der Waals surface area contributed by atoms with Crippen molar-refractivity contribution in [2.75, 3.05) is 6.26 Å². The highest BCUT2D eigenvalue weighted by Crippen LogP contribution is 2.31. The van der Waals surface area contributed by atoms with Crippen LogP contribution in [0.2, 0.25) is 0 Å². The highest BCUT2D eigenvalue weighted by molar-refractivity contribution is 7.88. The summed E-state index contributed by atoms with van der Waals surface area (Å²) < 4.78 is 24.8. The van der Waals surface area contributed by atoms with Crippen LogP contribution in [0.3, 0.4) is 0 Å². The van der Waals surface area contributed by atoms with Gasteiger partial charge in [0.2, 0.25) is 15.9 Å². The Morgan fingerprint density at radius 1 is 1.40 bits per heavy atom. The number of aromatic nitrogens is 1. The van der Waals surface area contributed by atoms with Crippen molar-refractivity contribution in [1.29, 1.82) is 0 Å². The van der Waals surface area contributed by atoms with Crippen LogP contribution in [0.4, 0.5) is 0 Å². The molecule has 0 radical (unpaired) electrons. The van der Waals surface area contributed by atoms with Crippen molar-refractivity contribution in [2.45, 2.75) is 19.0 Å². The van der Waals surface area contributed by atoms with Crippen LogP contribution >= 0.6 is 0 Å². The molecule has 2 heterocycles. The fraction of sp³-hybridized carbons (Fsp3) is 0.308. The van der Waals surface area contributed by atoms with Gasteiger partial charge in [0, 0.05) is 23.0 Å². The van der Waals surface area contributed by atoms with Gasteiger partial charge in [-0.1, -0.05) is 18.2 Å². The third-order valence-corrected chi connectivity index (χ3v) is 4.95. The Morgan fingerprint density at radius 3 is 2.75 bits per heavy atom. The van der Waals surface area contributed by atoms with Gasteiger partial charge in [-0.2, -0.15) is 4.31 Å². The molecule has 6 nitrogen and oxygen atoms in total. The molecule has 1 unspecified atom stereocenters. The summed E-state index contributed by atoms with van der Waals surface area (Å²) in [5.41, 5.74) is 8.11. The molecule has 0 fully saturated rings. The molecule has 0 bridgehead atoms. The molecular formula is C13H15N3O3S. The molecule has 1 amide bonds. The third kappa shape index (κ3) is 1.99. The van der Waals surface area contributed by atoms with E-state index < -0.39 is 22.0 Å². The highest BCUT2D eigenvalue weighted by atomic mass is 32.2. The Morgan fingerprint density at radius 2 is 2.10 bits per heavy atom. The van der Waals surface area contributed by atoms with Crippen molar-refractivity contribution in [3.8, 4) is 0 Å². The molecule has 1 aromatic carbocycles. The number of carbonyl (C=O) groups is 1. The van der Waals surface area contributed by atoms with Crippen LogP contribution in [0.5, 0.6) is 0 Å². The van der Waals surface area contributed by atoms with Crippen molar-refractivity contribution in [3.05, 3.63) is 35.5 Å². The molecule has 1 aliphatic heterocycles. The van der Waals surface area contributed by atoms with E-state index in [1.807, 2.05) is 24.3 Å². The Kier molecular flexibility index (Phi) is 2.84. The number of para-hydroxylation sites is 1. The van der Waals surface area contributed by atoms with Gasteiger partial charge < -0.3 is 10.7 Å². The average molecular weight is 293 g/mol. The van der Waals surface area contributed by atoms with Crippen LogP contribution in [-0.4, -0.2) is 35.9 Å². The number of primary amides is 1. The van der Waals surface area contributed by atoms with Crippen LogP contribution in [0.25, 0.3) is 10.9 Å². The number of aromatic amines is 1. The zero-order valence-electron chi connectivity index (χ0n) is 11.0. The van der Waals surface area contributed by atoms with Gasteiger partial charge in [-0.25, -0.2) is 8.42 Å². The summed E-state index contributed by atoms with van der Waals surface area (Å²) >= 11 is 0. The van der Waals surface area contributed by atoms with E-state index in [9.17, 15) is 13.2 Å². The van der Waals surface area contributed by atoms with Crippen molar-refractivity contribution in [2.24, 2.45) is 5.73 Å². The predicted molar refractivity (Wildman–Crippen MR) is 75.4 cm³/mol. The summed E-state index contributed by atoms with van der Waals surface area (Å²) in [6.07, 6.45) is 1.40. The lowest BCUT2D eigenvalue weighted by Crippen LogP contribution is -2.50. The number of sulfonamides is 1. The number of nitrogens with two attached hydrogens (primary N) is 1. The molecule has 1 aromatic heterocycles. The van der Waals surface area contributed by atoms with Gasteiger partial charge in [0.1, 0.15) is 6.04 Å². The fourth-order valence-corrected chi connectivity index (χ4v) is 3.78. The van der Waals surface area contributed by atoms with Gasteiger partial charge in [0.15, 0.2) is 0 Å². The van der Waals surface area contributed by atoms with E-state index in [-0.39, 0.29) is 6.54 Å². The molecule has 7 heteroatoms. The van der Waals surface area contributed by atoms with Crippen LogP contribution in [0.1, 0.15) is 11.3 Å². The SMILES string of the molecule is CS(=O)(=O)N1Cc2[nH]c3ccccc3c2CC1C(N)=O. The molecule has 0 aliphatic carbocycles. The van der Waals surface area contributed by atoms with Crippen molar-refractivity contribution in [1.82, 2.24) is 9.29 Å². The Labute approximate surface area is 116 Å². The number of hydrogen-bond acceptors (Lipinski definition) is 3. The van der Waals surface area contributed by atoms with Crippen molar-refractivity contribution in [3.63, 3.8) is 0 Å². The van der Waals surface area contributed by atoms with E-state index in [1.165, 1.54) is 0 Å². The molecule has 1 atom stereocenters. The van der Waals surface area contributed by atoms with Gasteiger partial charge in [0.05, 0.1) is 12.8 Å². The van der Waals surface area contributed by atoms with E-state index in [4.69, 9.17) is 5.73 Å². The van der Waals surface area contributed by atoms with Crippen LogP contribution in [-0.2, 0) is 27.8 Å². The van der Waals surface area contributed by atoms with E-state index >= 15 is 0 Å². The fourth-order valence-electron chi connectivity index (χ4n) is 2.78. The lowest BCUT2D eigenvalue weighted by atomic mass is 9.98. The molecule has 20 heavy (non-hydrogen) atoms. The number of benzene rings is 1. The Hall–Kier alpha value is -1.86. The zero-order valence-corrected chi connectivity index (χ0v) is 11.8. The maximum Gasteiger partial charge on any atom is 0.236 e. The summed E-state index contributed by atoms with van der Waals surface area (Å²) in [5.74, 6) is -0.619. The average Bonchev–Trinajstić information content (AvgIpc) is 2.73. The standard InChI is InChI=1S/C13H15N3O3S/c1-20(18,19)16-7-11-9(6-12(16)13(14)17)8-4-2-3-5-10(8)15-11/h2-5,12,15H,6-7H2,1H3,(H2,14,17). The quantitative estimate of drug-likeness (QED) is 0.835. The number of amides is 1. The predicted octanol–water partition coefficient (Wildman–Crippen LogP) is 0.339. The number of rotatable bonds is 2. The van der Waals surface area contributed by atoms with Crippen LogP contribution in [0.15, 0.2) is 24.3 Å². The summed E-state index contributed by atoms with van der Waals surface area (Å²) in [6, 6.07) is 6.89. The first-order valence-corrected chi connectivity index (χ1v) is 8.07. The zero-order chi connectivity index (χ0) is 14.5. The number of nitrogens with zero attached hydrogens (tertiary/aromatic N) is 1. The minimum Gasteiger partial charge on any atom is -0.368 e. The summed E-state index contributed by atoms with van der Waals surface area (Å²) in [6.45, 7) is 0.149. The number of nitrogens with one attached hydrogen (secondary N) is 1. The molecule has 1 aliphatic rings. The number of fused-ring (bicyclic) bond motifs is 3. The normalized spacial score (nSPS) is 19.9. The van der Waals surface area contributed by atoms with E-state index in [0.717, 1.165) is 32.7 Å². The first-order valence-electron chi connectivity index (χ1n) is 6.22. The third-order valence-electron chi connectivity index (χ3n) is 3.72. The first kappa shape index (κ1) is 13.1. The summed E-state index contributed by atoms with van der Waals surface area (Å²) in [5, 5.41) is 1.02. The largest absolute Gasteiger partial charge is 0.368 e. The lowest BCUT2D eigenvalue weighted by molar-refractivity contribution is -0.122. The second kappa shape index (κ2) is 4.32. The van der Waals surface area contributed by atoms with E-state index in [2.05, 4.69) is 4.98 Å². The molecule has 3 N–H and O–H groups in total. The van der Waals surface area contributed by atoms with E-state index in [1.54, 1.807) is 0 Å². The lowest BCUT2D eigenvalue weighted by Gasteiger charge is -2.31. The van der Waals surface area contributed by atoms with Gasteiger partial charge in [-0.05, 0) is 11.6 Å². The van der Waals surface area contributed by atoms with Gasteiger partial charge >= 0.3 is 0 Å². The number of carbonyl (C=O) groups excluding carboxylic acids is 1. The smallest absolute Gasteiger partial charge is 0.236 e. The molecule has 0 spiro atoms. The molecule has 2 aromatic rings. The van der Waals surface area contributed by atoms with Gasteiger partial charge in [-0.15, -0.1) is 0 Å². The van der Waals surface area contributed by atoms with Gasteiger partial charge in [-0.3, -0.25) is 4.79 Å². The number of hydrogen-bond donors (Lipinski definition) is 2. The maximum absolute atomic E-state index is 11.8. The van der Waals surface area contributed by atoms with E-state index in [0.29, 0.717) is 6.42 Å². The molecule has 0 saturated carbocycles. The van der Waals surface area contributed by atoms with Crippen LogP contribution < -0.4 is 5.73 Å². The summed E-state index contributed by atoms with van der Waals surface area (Å²) in [7, 11) is -3.49. The maximum atomic E-state index is 11.8. The topological polar surface area (TPSA) is 96.3 Å². The monoisotopic (exact) mass is 293 g/mol. The molecular weight excluding hydrogens is 278 g/mol. The first-order chi connectivity index (χ1) is 9.38. The number of H-pyrrole nitrogens is 1. The second-order valence-corrected chi connectivity index (χ2v) is 6.99. The van der Waals surface area contributed by atoms with Crippen molar-refractivity contribution >= 4 is 26.8 Å². The van der Waals surface area contributed by atoms with Crippen molar-refractivity contribution < 1.29 is 13.2 Å². The highest BCUT2D eigenvalue weighted by Gasteiger charge is 2.37. The molecule has 0 saturated heterocycles. The minimum atomic E-state index is -3.49. The molecule has 3 rings (SSSR count). The Bertz CT molecular complexity index is 794.